The highest BCUT2D eigenvalue weighted by molar-refractivity contribution is 5.78. The van der Waals surface area contributed by atoms with Gasteiger partial charge in [0, 0.05) is 0 Å². The van der Waals surface area contributed by atoms with E-state index < -0.39 is 17.9 Å². The van der Waals surface area contributed by atoms with Crippen molar-refractivity contribution in [3.05, 3.63) is 25.3 Å². The van der Waals surface area contributed by atoms with Gasteiger partial charge >= 0.3 is 11.9 Å². The van der Waals surface area contributed by atoms with Crippen molar-refractivity contribution < 1.29 is 19.4 Å². The molecule has 0 saturated heterocycles. The largest absolute Gasteiger partial charge is 0.481 e. The van der Waals surface area contributed by atoms with Gasteiger partial charge in [-0.15, -0.1) is 6.58 Å². The van der Waals surface area contributed by atoms with Crippen molar-refractivity contribution in [2.45, 2.75) is 135 Å². The molecule has 0 fully saturated rings. The van der Waals surface area contributed by atoms with Gasteiger partial charge in [-0.3, -0.25) is 9.59 Å². The average Bonchev–Trinajstić information content (AvgIpc) is 2.80. The monoisotopic (exact) mass is 464 g/mol. The van der Waals surface area contributed by atoms with E-state index in [1.165, 1.54) is 109 Å². The van der Waals surface area contributed by atoms with Crippen molar-refractivity contribution in [2.75, 3.05) is 6.61 Å². The maximum atomic E-state index is 11.6. The molecule has 0 bridgehead atoms. The Bertz CT molecular complexity index is 486. The van der Waals surface area contributed by atoms with Gasteiger partial charge in [-0.2, -0.15) is 0 Å². The summed E-state index contributed by atoms with van der Waals surface area (Å²) in [5.41, 5.74) is 0. The third kappa shape index (κ3) is 23.4. The minimum absolute atomic E-state index is 0.0421. The van der Waals surface area contributed by atoms with Crippen molar-refractivity contribution in [1.29, 1.82) is 0 Å². The van der Waals surface area contributed by atoms with E-state index >= 15 is 0 Å². The second kappa shape index (κ2) is 25.1. The summed E-state index contributed by atoms with van der Waals surface area (Å²) in [6, 6.07) is 0. The van der Waals surface area contributed by atoms with E-state index in [2.05, 4.69) is 13.2 Å². The number of carbonyl (C=O) groups is 2. The molecule has 0 rings (SSSR count). The van der Waals surface area contributed by atoms with Crippen molar-refractivity contribution in [2.24, 2.45) is 5.92 Å². The van der Waals surface area contributed by atoms with Crippen LogP contribution in [-0.2, 0) is 14.3 Å². The highest BCUT2D eigenvalue weighted by atomic mass is 16.5. The van der Waals surface area contributed by atoms with Crippen LogP contribution in [-0.4, -0.2) is 23.7 Å². The standard InChI is InChI=1S/C29H52O4/c1-3-5-6-7-8-9-10-11-12-13-14-15-16-17-18-19-20-21-22-23-24-27(29(31)32)26-28(30)33-25-4-2/h3-4,27H,1-2,5-26H2,(H,31,32). The molecule has 0 aromatic carbocycles. The molecule has 0 aliphatic rings. The van der Waals surface area contributed by atoms with Crippen LogP contribution in [0, 0.1) is 5.92 Å². The molecule has 4 nitrogen and oxygen atoms in total. The van der Waals surface area contributed by atoms with Crippen molar-refractivity contribution in [1.82, 2.24) is 0 Å². The fraction of sp³-hybridized carbons (Fsp3) is 0.793. The van der Waals surface area contributed by atoms with Crippen molar-refractivity contribution in [3.8, 4) is 0 Å². The predicted molar refractivity (Wildman–Crippen MR) is 139 cm³/mol. The molecule has 0 aliphatic carbocycles. The van der Waals surface area contributed by atoms with Crippen LogP contribution in [0.1, 0.15) is 135 Å². The molecular weight excluding hydrogens is 412 g/mol. The normalized spacial score (nSPS) is 11.8. The van der Waals surface area contributed by atoms with E-state index in [4.69, 9.17) is 4.74 Å². The number of unbranched alkanes of at least 4 members (excludes halogenated alkanes) is 18. The molecule has 0 radical (unpaired) electrons. The maximum absolute atomic E-state index is 11.6. The number of allylic oxidation sites excluding steroid dienone is 1. The lowest BCUT2D eigenvalue weighted by molar-refractivity contribution is -0.151. The third-order valence-corrected chi connectivity index (χ3v) is 6.34. The summed E-state index contributed by atoms with van der Waals surface area (Å²) < 4.78 is 4.90. The summed E-state index contributed by atoms with van der Waals surface area (Å²) in [7, 11) is 0. The van der Waals surface area contributed by atoms with Crippen LogP contribution < -0.4 is 0 Å². The van der Waals surface area contributed by atoms with Crippen molar-refractivity contribution in [3.63, 3.8) is 0 Å². The van der Waals surface area contributed by atoms with Gasteiger partial charge in [0.05, 0.1) is 12.3 Å². The average molecular weight is 465 g/mol. The molecule has 1 N–H and O–H groups in total. The highest BCUT2D eigenvalue weighted by Gasteiger charge is 2.21. The first kappa shape index (κ1) is 31.4. The molecule has 192 valence electrons. The molecular formula is C29H52O4. The van der Waals surface area contributed by atoms with E-state index in [-0.39, 0.29) is 13.0 Å². The van der Waals surface area contributed by atoms with Gasteiger partial charge in [0.2, 0.25) is 0 Å². The Morgan fingerprint density at radius 2 is 1.03 bits per heavy atom. The number of carboxylic acid groups (broad SMARTS) is 1. The second-order valence-corrected chi connectivity index (χ2v) is 9.44. The van der Waals surface area contributed by atoms with Gasteiger partial charge in [-0.05, 0) is 19.3 Å². The maximum Gasteiger partial charge on any atom is 0.307 e. The quantitative estimate of drug-likeness (QED) is 0.0789. The van der Waals surface area contributed by atoms with E-state index in [1.807, 2.05) is 6.08 Å². The number of carboxylic acids is 1. The Kier molecular flexibility index (Phi) is 23.9. The van der Waals surface area contributed by atoms with Gasteiger partial charge in [0.25, 0.3) is 0 Å². The smallest absolute Gasteiger partial charge is 0.307 e. The zero-order valence-corrected chi connectivity index (χ0v) is 21.4. The third-order valence-electron chi connectivity index (χ3n) is 6.34. The molecule has 0 aromatic heterocycles. The zero-order valence-electron chi connectivity index (χ0n) is 21.4. The van der Waals surface area contributed by atoms with Crippen LogP contribution in [0.2, 0.25) is 0 Å². The highest BCUT2D eigenvalue weighted by Crippen LogP contribution is 2.18. The summed E-state index contributed by atoms with van der Waals surface area (Å²) in [6.45, 7) is 7.40. The Hall–Kier alpha value is -1.58. The Balaban J connectivity index is 3.35. The summed E-state index contributed by atoms with van der Waals surface area (Å²) >= 11 is 0. The Morgan fingerprint density at radius 3 is 1.39 bits per heavy atom. The molecule has 1 unspecified atom stereocenters. The molecule has 0 spiro atoms. The second-order valence-electron chi connectivity index (χ2n) is 9.44. The molecule has 0 aromatic rings. The summed E-state index contributed by atoms with van der Waals surface area (Å²) in [5, 5.41) is 9.28. The van der Waals surface area contributed by atoms with E-state index in [0.717, 1.165) is 19.3 Å². The topological polar surface area (TPSA) is 63.6 Å². The fourth-order valence-corrected chi connectivity index (χ4v) is 4.23. The van der Waals surface area contributed by atoms with Crippen LogP contribution in [0.25, 0.3) is 0 Å². The summed E-state index contributed by atoms with van der Waals surface area (Å²) in [5.74, 6) is -1.98. The lowest BCUT2D eigenvalue weighted by Gasteiger charge is -2.11. The Morgan fingerprint density at radius 1 is 0.636 bits per heavy atom. The summed E-state index contributed by atoms with van der Waals surface area (Å²) in [6.07, 6.45) is 28.7. The van der Waals surface area contributed by atoms with E-state index in [9.17, 15) is 14.7 Å². The SMILES string of the molecule is C=CCCCCCCCCCCCCCCCCCCCCC(CC(=O)OCC=C)C(=O)O. The number of esters is 1. The molecule has 0 saturated carbocycles. The lowest BCUT2D eigenvalue weighted by atomic mass is 9.97. The summed E-state index contributed by atoms with van der Waals surface area (Å²) in [4.78, 5) is 22.9. The first-order valence-corrected chi connectivity index (χ1v) is 13.7. The molecule has 33 heavy (non-hydrogen) atoms. The van der Waals surface area contributed by atoms with Crippen LogP contribution in [0.5, 0.6) is 0 Å². The van der Waals surface area contributed by atoms with E-state index in [0.29, 0.717) is 6.42 Å². The van der Waals surface area contributed by atoms with Crippen LogP contribution in [0.3, 0.4) is 0 Å². The number of hydrogen-bond donors (Lipinski definition) is 1. The van der Waals surface area contributed by atoms with Crippen molar-refractivity contribution >= 4 is 11.9 Å². The van der Waals surface area contributed by atoms with Gasteiger partial charge in [-0.25, -0.2) is 0 Å². The van der Waals surface area contributed by atoms with Gasteiger partial charge < -0.3 is 9.84 Å². The molecule has 1 atom stereocenters. The van der Waals surface area contributed by atoms with Crippen LogP contribution >= 0.6 is 0 Å². The lowest BCUT2D eigenvalue weighted by Crippen LogP contribution is -2.19. The first-order chi connectivity index (χ1) is 16.1. The first-order valence-electron chi connectivity index (χ1n) is 13.7. The minimum atomic E-state index is -0.902. The zero-order chi connectivity index (χ0) is 24.4. The molecule has 0 heterocycles. The molecule has 0 amide bonds. The number of ether oxygens (including phenoxy) is 1. The number of hydrogen-bond acceptors (Lipinski definition) is 3. The minimum Gasteiger partial charge on any atom is -0.481 e. The number of aliphatic carboxylic acids is 1. The van der Waals surface area contributed by atoms with E-state index in [1.54, 1.807) is 0 Å². The number of carbonyl (C=O) groups excluding carboxylic acids is 1. The van der Waals surface area contributed by atoms with Gasteiger partial charge in [-0.1, -0.05) is 128 Å². The van der Waals surface area contributed by atoms with Gasteiger partial charge in [0.1, 0.15) is 6.61 Å². The van der Waals surface area contributed by atoms with Crippen LogP contribution in [0.4, 0.5) is 0 Å². The molecule has 0 aliphatic heterocycles. The van der Waals surface area contributed by atoms with Crippen LogP contribution in [0.15, 0.2) is 25.3 Å². The predicted octanol–water partition coefficient (Wildman–Crippen LogP) is 8.79. The Labute approximate surface area is 204 Å². The molecule has 4 heteroatoms. The number of rotatable bonds is 26. The van der Waals surface area contributed by atoms with Gasteiger partial charge in [0.15, 0.2) is 0 Å². The fourth-order valence-electron chi connectivity index (χ4n) is 4.23.